The molecule has 3 aromatic rings. The molecule has 0 atom stereocenters. The van der Waals surface area contributed by atoms with Crippen LogP contribution < -0.4 is 10.2 Å². The van der Waals surface area contributed by atoms with Crippen molar-refractivity contribution in [3.8, 4) is 0 Å². The molecule has 6 nitrogen and oxygen atoms in total. The Kier molecular flexibility index (Phi) is 7.77. The van der Waals surface area contributed by atoms with Crippen LogP contribution in [0.5, 0.6) is 0 Å². The molecule has 2 aromatic heterocycles. The number of aryl methyl sites for hydroxylation is 1. The average molecular weight is 457 g/mol. The summed E-state index contributed by atoms with van der Waals surface area (Å²) >= 11 is 0. The zero-order valence-electron chi connectivity index (χ0n) is 16.9. The highest BCUT2D eigenvalue weighted by molar-refractivity contribution is 8.93. The van der Waals surface area contributed by atoms with E-state index in [0.717, 1.165) is 63.0 Å². The molecular weight excluding hydrogens is 428 g/mol. The van der Waals surface area contributed by atoms with E-state index in [9.17, 15) is 0 Å². The lowest BCUT2D eigenvalue weighted by Gasteiger charge is -2.34. The van der Waals surface area contributed by atoms with E-state index in [1.54, 1.807) is 0 Å². The minimum Gasteiger partial charge on any atom is -0.370 e. The second-order valence-corrected chi connectivity index (χ2v) is 7.40. The summed E-state index contributed by atoms with van der Waals surface area (Å²) in [6, 6.07) is 10.4. The molecular formula is C22H29BrN6. The zero-order chi connectivity index (χ0) is 19.2. The number of nitrogens with one attached hydrogen (secondary N) is 1. The fourth-order valence-electron chi connectivity index (χ4n) is 3.65. The van der Waals surface area contributed by atoms with E-state index in [-0.39, 0.29) is 17.0 Å². The van der Waals surface area contributed by atoms with Crippen molar-refractivity contribution in [3.63, 3.8) is 0 Å². The first-order chi connectivity index (χ1) is 13.8. The number of rotatable bonds is 7. The van der Waals surface area contributed by atoms with E-state index in [4.69, 9.17) is 0 Å². The topological polar surface area (TPSA) is 57.2 Å². The molecule has 1 N–H and O–H groups in total. The fourth-order valence-corrected chi connectivity index (χ4v) is 3.65. The van der Waals surface area contributed by atoms with Crippen LogP contribution in [0, 0.1) is 6.92 Å². The normalized spacial score (nSPS) is 14.6. The predicted molar refractivity (Wildman–Crippen MR) is 125 cm³/mol. The Labute approximate surface area is 183 Å². The smallest absolute Gasteiger partial charge is 0.225 e. The molecule has 0 radical (unpaired) electrons. The summed E-state index contributed by atoms with van der Waals surface area (Å²) in [5.41, 5.74) is 1.11. The number of piperazine rings is 1. The third-order valence-electron chi connectivity index (χ3n) is 5.29. The first-order valence-corrected chi connectivity index (χ1v) is 10.1. The van der Waals surface area contributed by atoms with Gasteiger partial charge in [0.25, 0.3) is 0 Å². The highest BCUT2D eigenvalue weighted by Gasteiger charge is 2.18. The number of aromatic nitrogens is 3. The number of pyridine rings is 1. The number of halogens is 1. The quantitative estimate of drug-likeness (QED) is 0.543. The van der Waals surface area contributed by atoms with Crippen LogP contribution in [0.2, 0.25) is 0 Å². The van der Waals surface area contributed by atoms with Gasteiger partial charge in [0, 0.05) is 56.7 Å². The molecule has 4 rings (SSSR count). The number of benzene rings is 1. The number of nitrogens with zero attached hydrogens (tertiary/aromatic N) is 5. The summed E-state index contributed by atoms with van der Waals surface area (Å²) in [6.45, 7) is 8.28. The van der Waals surface area contributed by atoms with Gasteiger partial charge < -0.3 is 10.2 Å². The Morgan fingerprint density at radius 1 is 0.931 bits per heavy atom. The minimum absolute atomic E-state index is 0. The van der Waals surface area contributed by atoms with Crippen molar-refractivity contribution in [2.24, 2.45) is 0 Å². The van der Waals surface area contributed by atoms with Crippen LogP contribution >= 0.6 is 17.0 Å². The number of hydrogen-bond donors (Lipinski definition) is 1. The van der Waals surface area contributed by atoms with E-state index < -0.39 is 0 Å². The molecule has 29 heavy (non-hydrogen) atoms. The molecule has 1 saturated heterocycles. The fraction of sp³-hybridized carbons (Fsp3) is 0.409. The van der Waals surface area contributed by atoms with Gasteiger partial charge in [-0.1, -0.05) is 24.3 Å². The monoisotopic (exact) mass is 456 g/mol. The zero-order valence-corrected chi connectivity index (χ0v) is 18.6. The molecule has 0 bridgehead atoms. The Hall–Kier alpha value is -2.25. The summed E-state index contributed by atoms with van der Waals surface area (Å²) in [5.74, 6) is 1.85. The van der Waals surface area contributed by atoms with Crippen molar-refractivity contribution < 1.29 is 0 Å². The summed E-state index contributed by atoms with van der Waals surface area (Å²) in [7, 11) is 0. The summed E-state index contributed by atoms with van der Waals surface area (Å²) in [6.07, 6.45) is 8.01. The Morgan fingerprint density at radius 2 is 1.69 bits per heavy atom. The first kappa shape index (κ1) is 21.5. The third kappa shape index (κ3) is 5.64. The molecule has 0 saturated carbocycles. The molecule has 1 fully saturated rings. The SMILES string of the molecule is Br.Cc1cnc(N2CCN(CCCCNc3nccc4ccccc34)CC2)nc1. The second-order valence-electron chi connectivity index (χ2n) is 7.40. The maximum atomic E-state index is 4.50. The van der Waals surface area contributed by atoms with Crippen molar-refractivity contribution in [2.45, 2.75) is 19.8 Å². The van der Waals surface area contributed by atoms with Crippen LogP contribution in [0.4, 0.5) is 11.8 Å². The lowest BCUT2D eigenvalue weighted by atomic mass is 10.1. The van der Waals surface area contributed by atoms with Gasteiger partial charge in [-0.25, -0.2) is 15.0 Å². The summed E-state index contributed by atoms with van der Waals surface area (Å²) in [4.78, 5) is 18.2. The van der Waals surface area contributed by atoms with Gasteiger partial charge in [-0.05, 0) is 43.3 Å². The van der Waals surface area contributed by atoms with E-state index in [0.29, 0.717) is 0 Å². The molecule has 0 unspecified atom stereocenters. The Bertz CT molecular complexity index is 888. The van der Waals surface area contributed by atoms with Crippen molar-refractivity contribution in [1.29, 1.82) is 0 Å². The van der Waals surface area contributed by atoms with Crippen LogP contribution in [0.3, 0.4) is 0 Å². The number of hydrogen-bond acceptors (Lipinski definition) is 6. The lowest BCUT2D eigenvalue weighted by molar-refractivity contribution is 0.252. The largest absolute Gasteiger partial charge is 0.370 e. The molecule has 7 heteroatoms. The van der Waals surface area contributed by atoms with E-state index in [1.807, 2.05) is 25.5 Å². The average Bonchev–Trinajstić information content (AvgIpc) is 2.75. The van der Waals surface area contributed by atoms with Crippen molar-refractivity contribution in [3.05, 3.63) is 54.5 Å². The maximum absolute atomic E-state index is 4.50. The Morgan fingerprint density at radius 3 is 2.48 bits per heavy atom. The molecule has 0 spiro atoms. The predicted octanol–water partition coefficient (Wildman–Crippen LogP) is 3.93. The second kappa shape index (κ2) is 10.5. The highest BCUT2D eigenvalue weighted by atomic mass is 79.9. The molecule has 3 heterocycles. The molecule has 1 aliphatic rings. The van der Waals surface area contributed by atoms with Crippen molar-refractivity contribution >= 4 is 39.5 Å². The van der Waals surface area contributed by atoms with Gasteiger partial charge in [0.1, 0.15) is 5.82 Å². The van der Waals surface area contributed by atoms with Gasteiger partial charge in [-0.15, -0.1) is 17.0 Å². The van der Waals surface area contributed by atoms with Crippen molar-refractivity contribution in [1.82, 2.24) is 19.9 Å². The van der Waals surface area contributed by atoms with Gasteiger partial charge >= 0.3 is 0 Å². The maximum Gasteiger partial charge on any atom is 0.225 e. The molecule has 154 valence electrons. The number of fused-ring (bicyclic) bond motifs is 1. The van der Waals surface area contributed by atoms with E-state index >= 15 is 0 Å². The Balaban J connectivity index is 0.00000240. The summed E-state index contributed by atoms with van der Waals surface area (Å²) < 4.78 is 0. The van der Waals surface area contributed by atoms with Gasteiger partial charge in [0.05, 0.1) is 0 Å². The number of unbranched alkanes of at least 4 members (excludes halogenated alkanes) is 1. The standard InChI is InChI=1S/C22H28N6.BrH/c1-18-16-25-22(26-17-18)28-14-12-27(13-15-28)11-5-4-9-23-21-20-7-3-2-6-19(20)8-10-24-21;/h2-3,6-8,10,16-17H,4-5,9,11-15H2,1H3,(H,23,24);1H. The highest BCUT2D eigenvalue weighted by Crippen LogP contribution is 2.20. The summed E-state index contributed by atoms with van der Waals surface area (Å²) in [5, 5.41) is 5.93. The van der Waals surface area contributed by atoms with Crippen LogP contribution in [-0.4, -0.2) is 59.1 Å². The van der Waals surface area contributed by atoms with Gasteiger partial charge in [0.2, 0.25) is 5.95 Å². The van der Waals surface area contributed by atoms with Crippen LogP contribution in [-0.2, 0) is 0 Å². The first-order valence-electron chi connectivity index (χ1n) is 10.1. The van der Waals surface area contributed by atoms with Gasteiger partial charge in [0.15, 0.2) is 0 Å². The minimum atomic E-state index is 0. The third-order valence-corrected chi connectivity index (χ3v) is 5.29. The molecule has 0 amide bonds. The van der Waals surface area contributed by atoms with Crippen LogP contribution in [0.1, 0.15) is 18.4 Å². The molecule has 1 aliphatic heterocycles. The van der Waals surface area contributed by atoms with E-state index in [1.165, 1.54) is 17.2 Å². The van der Waals surface area contributed by atoms with Gasteiger partial charge in [-0.2, -0.15) is 0 Å². The van der Waals surface area contributed by atoms with E-state index in [2.05, 4.69) is 60.4 Å². The van der Waals surface area contributed by atoms with Gasteiger partial charge in [-0.3, -0.25) is 4.90 Å². The lowest BCUT2D eigenvalue weighted by Crippen LogP contribution is -2.47. The van der Waals surface area contributed by atoms with Crippen LogP contribution in [0.15, 0.2) is 48.9 Å². The molecule has 1 aromatic carbocycles. The van der Waals surface area contributed by atoms with Crippen LogP contribution in [0.25, 0.3) is 10.8 Å². The number of anilines is 2. The molecule has 0 aliphatic carbocycles. The van der Waals surface area contributed by atoms with Crippen molar-refractivity contribution in [2.75, 3.05) is 49.5 Å².